The van der Waals surface area contributed by atoms with Gasteiger partial charge in [-0.25, -0.2) is 4.79 Å². The molecule has 0 fully saturated rings. The van der Waals surface area contributed by atoms with E-state index in [9.17, 15) is 19.2 Å². The van der Waals surface area contributed by atoms with Crippen LogP contribution in [0.25, 0.3) is 0 Å². The highest BCUT2D eigenvalue weighted by Crippen LogP contribution is 2.14. The summed E-state index contributed by atoms with van der Waals surface area (Å²) in [4.78, 5) is 57.1. The molecule has 1 aliphatic heterocycles. The van der Waals surface area contributed by atoms with Crippen molar-refractivity contribution in [3.8, 4) is 0 Å². The normalized spacial score (nSPS) is 19.9. The van der Waals surface area contributed by atoms with E-state index in [0.717, 1.165) is 18.5 Å². The molecule has 0 saturated carbocycles. The molecule has 2 rings (SSSR count). The lowest BCUT2D eigenvalue weighted by Crippen LogP contribution is -2.49. The maximum absolute atomic E-state index is 13.1. The number of fused-ring (bicyclic) bond motifs is 2. The number of ether oxygens (including phenoxy) is 1. The van der Waals surface area contributed by atoms with Crippen molar-refractivity contribution in [3.05, 3.63) is 41.7 Å². The number of nitrogens with one attached hydrogen (secondary N) is 2. The molecular weight excluding hydrogens is 528 g/mol. The maximum Gasteiger partial charge on any atom is 0.329 e. The first-order valence-corrected chi connectivity index (χ1v) is 15.4. The Morgan fingerprint density at radius 1 is 1.12 bits per heavy atom. The Labute approximate surface area is 243 Å². The summed E-state index contributed by atoms with van der Waals surface area (Å²) in [6.45, 7) is 6.62. The molecule has 0 aliphatic carbocycles. The average Bonchev–Trinajstić information content (AvgIpc) is 2.89. The quantitative estimate of drug-likeness (QED) is 0.230. The van der Waals surface area contributed by atoms with Gasteiger partial charge in [0.25, 0.3) is 0 Å². The van der Waals surface area contributed by atoms with E-state index in [2.05, 4.69) is 22.5 Å². The van der Waals surface area contributed by atoms with Gasteiger partial charge in [0.1, 0.15) is 12.1 Å². The topological polar surface area (TPSA) is 118 Å². The first kappa shape index (κ1) is 33.5. The van der Waals surface area contributed by atoms with E-state index in [0.29, 0.717) is 30.8 Å². The molecule has 0 aromatic carbocycles. The second kappa shape index (κ2) is 18.6. The summed E-state index contributed by atoms with van der Waals surface area (Å²) in [7, 11) is 1.81. The van der Waals surface area contributed by atoms with Gasteiger partial charge in [0.2, 0.25) is 11.8 Å². The molecular formula is C30H46N4O5S. The van der Waals surface area contributed by atoms with E-state index in [-0.39, 0.29) is 42.4 Å². The van der Waals surface area contributed by atoms with Crippen LogP contribution in [0.15, 0.2) is 30.4 Å². The Morgan fingerprint density at radius 3 is 2.62 bits per heavy atom. The average molecular weight is 575 g/mol. The van der Waals surface area contributed by atoms with Crippen LogP contribution in [0.4, 0.5) is 0 Å². The number of amides is 2. The second-order valence-corrected chi connectivity index (χ2v) is 11.8. The van der Waals surface area contributed by atoms with Crippen LogP contribution in [0.3, 0.4) is 0 Å². The number of rotatable bonds is 11. The van der Waals surface area contributed by atoms with Gasteiger partial charge in [-0.3, -0.25) is 24.3 Å². The molecule has 10 heteroatoms. The molecule has 1 aromatic rings. The second-order valence-electron chi connectivity index (χ2n) is 10.6. The number of pyridine rings is 1. The highest BCUT2D eigenvalue weighted by Gasteiger charge is 2.28. The monoisotopic (exact) mass is 574 g/mol. The third-order valence-corrected chi connectivity index (χ3v) is 7.42. The van der Waals surface area contributed by atoms with Crippen molar-refractivity contribution >= 4 is 34.7 Å². The lowest BCUT2D eigenvalue weighted by atomic mass is 10.0. The summed E-state index contributed by atoms with van der Waals surface area (Å²) < 4.78 is 5.72. The number of thioether (sulfide) groups is 1. The number of unbranched alkanes of at least 4 members (excludes halogenated alkanes) is 4. The molecule has 1 aliphatic rings. The minimum Gasteiger partial charge on any atom is -0.456 e. The molecule has 2 heterocycles. The van der Waals surface area contributed by atoms with Crippen LogP contribution in [0.2, 0.25) is 0 Å². The van der Waals surface area contributed by atoms with E-state index >= 15 is 0 Å². The molecule has 40 heavy (non-hydrogen) atoms. The molecule has 0 radical (unpaired) electrons. The van der Waals surface area contributed by atoms with Gasteiger partial charge in [0.05, 0.1) is 30.9 Å². The zero-order valence-corrected chi connectivity index (χ0v) is 25.3. The number of carbonyl (C=O) groups is 4. The molecule has 2 amide bonds. The summed E-state index contributed by atoms with van der Waals surface area (Å²) in [5.41, 5.74) is 1.48. The SMILES string of the molecule is CCCCCCCC(=O)SCCC=C[C@@H]1CC(=O)NCc2cccc(n2)CN(C)CC(=O)N[C@@H](C(C)C)C(=O)O1. The number of hydrogen-bond donors (Lipinski definition) is 2. The van der Waals surface area contributed by atoms with Gasteiger partial charge in [-0.15, -0.1) is 0 Å². The van der Waals surface area contributed by atoms with Crippen molar-refractivity contribution in [2.45, 2.75) is 97.4 Å². The van der Waals surface area contributed by atoms with Crippen molar-refractivity contribution in [2.75, 3.05) is 19.3 Å². The Kier molecular flexibility index (Phi) is 15.6. The molecule has 0 saturated heterocycles. The van der Waals surface area contributed by atoms with Crippen molar-refractivity contribution < 1.29 is 23.9 Å². The minimum absolute atomic E-state index is 0.0622. The van der Waals surface area contributed by atoms with Gasteiger partial charge in [0.15, 0.2) is 5.12 Å². The van der Waals surface area contributed by atoms with Gasteiger partial charge >= 0.3 is 5.97 Å². The largest absolute Gasteiger partial charge is 0.456 e. The van der Waals surface area contributed by atoms with Crippen molar-refractivity contribution in [1.82, 2.24) is 20.5 Å². The highest BCUT2D eigenvalue weighted by atomic mass is 32.2. The number of nitrogens with zero attached hydrogens (tertiary/aromatic N) is 2. The number of likely N-dealkylation sites (N-methyl/N-ethyl adjacent to an activating group) is 1. The highest BCUT2D eigenvalue weighted by molar-refractivity contribution is 8.13. The fraction of sp³-hybridized carbons (Fsp3) is 0.633. The number of carbonyl (C=O) groups excluding carboxylic acids is 4. The van der Waals surface area contributed by atoms with Gasteiger partial charge in [0, 0.05) is 18.7 Å². The fourth-order valence-corrected chi connectivity index (χ4v) is 5.03. The van der Waals surface area contributed by atoms with Gasteiger partial charge in [-0.2, -0.15) is 0 Å². The molecule has 222 valence electrons. The van der Waals surface area contributed by atoms with E-state index in [1.165, 1.54) is 31.0 Å². The summed E-state index contributed by atoms with van der Waals surface area (Å²) in [5, 5.41) is 5.85. The lowest BCUT2D eigenvalue weighted by molar-refractivity contribution is -0.153. The molecule has 9 nitrogen and oxygen atoms in total. The first-order chi connectivity index (χ1) is 19.2. The van der Waals surface area contributed by atoms with Crippen LogP contribution >= 0.6 is 11.8 Å². The summed E-state index contributed by atoms with van der Waals surface area (Å²) in [6.07, 6.45) is 9.45. The van der Waals surface area contributed by atoms with Gasteiger partial charge < -0.3 is 15.4 Å². The number of esters is 1. The Balaban J connectivity index is 2.04. The van der Waals surface area contributed by atoms with Crippen molar-refractivity contribution in [1.29, 1.82) is 0 Å². The number of cyclic esters (lactones) is 1. The summed E-state index contributed by atoms with van der Waals surface area (Å²) >= 11 is 1.31. The first-order valence-electron chi connectivity index (χ1n) is 14.4. The van der Waals surface area contributed by atoms with E-state index in [1.807, 2.05) is 50.1 Å². The molecule has 1 aromatic heterocycles. The number of aromatic nitrogens is 1. The van der Waals surface area contributed by atoms with Gasteiger partial charge in [-0.05, 0) is 44.0 Å². The molecule has 2 atom stereocenters. The van der Waals surface area contributed by atoms with E-state index in [4.69, 9.17) is 4.74 Å². The zero-order valence-electron chi connectivity index (χ0n) is 24.4. The zero-order chi connectivity index (χ0) is 29.3. The molecule has 0 unspecified atom stereocenters. The summed E-state index contributed by atoms with van der Waals surface area (Å²) in [5.74, 6) is -0.742. The predicted molar refractivity (Wildman–Crippen MR) is 158 cm³/mol. The Hall–Kier alpha value is -2.72. The van der Waals surface area contributed by atoms with Crippen molar-refractivity contribution in [3.63, 3.8) is 0 Å². The van der Waals surface area contributed by atoms with E-state index < -0.39 is 18.1 Å². The number of allylic oxidation sites excluding steroid dienone is 1. The summed E-state index contributed by atoms with van der Waals surface area (Å²) in [6, 6.07) is 4.73. The van der Waals surface area contributed by atoms with Crippen LogP contribution < -0.4 is 10.6 Å². The van der Waals surface area contributed by atoms with Crippen LogP contribution in [0, 0.1) is 5.92 Å². The smallest absolute Gasteiger partial charge is 0.329 e. The molecule has 2 bridgehead atoms. The number of hydrogen-bond acceptors (Lipinski definition) is 8. The lowest BCUT2D eigenvalue weighted by Gasteiger charge is -2.25. The maximum atomic E-state index is 13.1. The Morgan fingerprint density at radius 2 is 1.88 bits per heavy atom. The van der Waals surface area contributed by atoms with Crippen LogP contribution in [-0.2, 0) is 37.0 Å². The predicted octanol–water partition coefficient (Wildman–Crippen LogP) is 4.15. The van der Waals surface area contributed by atoms with E-state index in [1.54, 1.807) is 6.08 Å². The van der Waals surface area contributed by atoms with Gasteiger partial charge in [-0.1, -0.05) is 70.4 Å². The fourth-order valence-electron chi connectivity index (χ4n) is 4.26. The molecule has 0 spiro atoms. The minimum atomic E-state index is -0.847. The third kappa shape index (κ3) is 13.6. The van der Waals surface area contributed by atoms with Crippen LogP contribution in [0.5, 0.6) is 0 Å². The Bertz CT molecular complexity index is 1000. The van der Waals surface area contributed by atoms with Crippen LogP contribution in [-0.4, -0.2) is 64.3 Å². The standard InChI is InChI=1S/C30H46N4O5S/c1-5-6-7-8-9-16-28(37)40-17-11-10-15-25-18-26(35)31-19-23-13-12-14-24(32-23)20-34(4)21-27(36)33-29(22(2)3)30(38)39-25/h10,12-15,22,25,29H,5-9,11,16-21H2,1-4H3,(H,31,35)(H,33,36)/t25-,29+/m1/s1. The van der Waals surface area contributed by atoms with Crippen molar-refractivity contribution in [2.24, 2.45) is 5.92 Å². The molecule has 2 N–H and O–H groups in total. The third-order valence-electron chi connectivity index (χ3n) is 6.45. The van der Waals surface area contributed by atoms with Crippen LogP contribution in [0.1, 0.15) is 83.5 Å².